The van der Waals surface area contributed by atoms with Gasteiger partial charge in [-0.1, -0.05) is 6.07 Å². The standard InChI is InChI=1S/C16H21F3N2O3.ClH/c1-10-3-5-12(13(7-10)23-2)24-9-15(22)21-8-11(20)4-6-14(21)16(17,18)19;/h3,5,7,11,14H,4,6,8-9,20H2,1-2H3;1H. The van der Waals surface area contributed by atoms with E-state index in [4.69, 9.17) is 15.2 Å². The van der Waals surface area contributed by atoms with Crippen LogP contribution in [0.5, 0.6) is 11.5 Å². The quantitative estimate of drug-likeness (QED) is 0.869. The van der Waals surface area contributed by atoms with Crippen LogP contribution in [-0.2, 0) is 4.79 Å². The second kappa shape index (κ2) is 8.62. The minimum Gasteiger partial charge on any atom is -0.493 e. The SMILES string of the molecule is COc1cc(C)ccc1OCC(=O)N1CC(N)CCC1C(F)(F)F.Cl. The maximum atomic E-state index is 13.1. The molecule has 0 radical (unpaired) electrons. The Labute approximate surface area is 150 Å². The van der Waals surface area contributed by atoms with Crippen LogP contribution in [0.2, 0.25) is 0 Å². The van der Waals surface area contributed by atoms with Gasteiger partial charge in [0.15, 0.2) is 18.1 Å². The molecular weight excluding hydrogens is 361 g/mol. The van der Waals surface area contributed by atoms with Crippen molar-refractivity contribution in [2.45, 2.75) is 38.0 Å². The molecule has 1 saturated heterocycles. The fraction of sp³-hybridized carbons (Fsp3) is 0.562. The molecule has 2 N–H and O–H groups in total. The van der Waals surface area contributed by atoms with E-state index in [0.29, 0.717) is 11.5 Å². The number of alkyl halides is 3. The van der Waals surface area contributed by atoms with E-state index in [0.717, 1.165) is 10.5 Å². The third-order valence-corrected chi connectivity index (χ3v) is 3.99. The highest BCUT2D eigenvalue weighted by atomic mass is 35.5. The highest BCUT2D eigenvalue weighted by Crippen LogP contribution is 2.32. The van der Waals surface area contributed by atoms with Crippen molar-refractivity contribution in [1.29, 1.82) is 0 Å². The van der Waals surface area contributed by atoms with E-state index in [1.165, 1.54) is 7.11 Å². The third-order valence-electron chi connectivity index (χ3n) is 3.99. The molecule has 1 aromatic rings. The number of nitrogens with two attached hydrogens (primary N) is 1. The average Bonchev–Trinajstić information content (AvgIpc) is 2.51. The molecule has 142 valence electrons. The van der Waals surface area contributed by atoms with Gasteiger partial charge >= 0.3 is 6.18 Å². The number of amides is 1. The number of carbonyl (C=O) groups is 1. The van der Waals surface area contributed by atoms with Crippen molar-refractivity contribution < 1.29 is 27.4 Å². The zero-order valence-corrected chi connectivity index (χ0v) is 14.8. The molecule has 1 fully saturated rings. The van der Waals surface area contributed by atoms with E-state index in [-0.39, 0.29) is 31.8 Å². The van der Waals surface area contributed by atoms with Crippen molar-refractivity contribution in [3.05, 3.63) is 23.8 Å². The number of carbonyl (C=O) groups excluding carboxylic acids is 1. The van der Waals surface area contributed by atoms with Crippen LogP contribution in [0.25, 0.3) is 0 Å². The molecule has 0 bridgehead atoms. The number of piperidine rings is 1. The Bertz CT molecular complexity index is 598. The summed E-state index contributed by atoms with van der Waals surface area (Å²) < 4.78 is 49.8. The van der Waals surface area contributed by atoms with E-state index in [1.54, 1.807) is 18.2 Å². The van der Waals surface area contributed by atoms with Crippen LogP contribution in [-0.4, -0.2) is 49.3 Å². The first kappa shape index (κ1) is 21.4. The van der Waals surface area contributed by atoms with Gasteiger partial charge in [-0.25, -0.2) is 0 Å². The summed E-state index contributed by atoms with van der Waals surface area (Å²) in [5, 5.41) is 0. The van der Waals surface area contributed by atoms with Crippen LogP contribution in [0.15, 0.2) is 18.2 Å². The zero-order valence-electron chi connectivity index (χ0n) is 14.0. The molecule has 1 aliphatic heterocycles. The summed E-state index contributed by atoms with van der Waals surface area (Å²) in [7, 11) is 1.45. The summed E-state index contributed by atoms with van der Waals surface area (Å²) in [6.07, 6.45) is -4.43. The van der Waals surface area contributed by atoms with Crippen LogP contribution in [0.1, 0.15) is 18.4 Å². The largest absolute Gasteiger partial charge is 0.493 e. The molecule has 5 nitrogen and oxygen atoms in total. The van der Waals surface area contributed by atoms with Crippen LogP contribution in [0.3, 0.4) is 0 Å². The molecule has 0 aromatic heterocycles. The molecule has 0 aliphatic carbocycles. The highest BCUT2D eigenvalue weighted by molar-refractivity contribution is 5.85. The van der Waals surface area contributed by atoms with Gasteiger partial charge in [-0.05, 0) is 37.5 Å². The lowest BCUT2D eigenvalue weighted by Gasteiger charge is -2.39. The van der Waals surface area contributed by atoms with Gasteiger partial charge in [0.1, 0.15) is 6.04 Å². The summed E-state index contributed by atoms with van der Waals surface area (Å²) in [6, 6.07) is 2.83. The van der Waals surface area contributed by atoms with Gasteiger partial charge in [0, 0.05) is 12.6 Å². The lowest BCUT2D eigenvalue weighted by atomic mass is 9.98. The summed E-state index contributed by atoms with van der Waals surface area (Å²) in [4.78, 5) is 13.0. The van der Waals surface area contributed by atoms with Crippen molar-refractivity contribution in [2.24, 2.45) is 5.73 Å². The Kier molecular flexibility index (Phi) is 7.37. The van der Waals surface area contributed by atoms with Gasteiger partial charge in [-0.3, -0.25) is 4.79 Å². The fourth-order valence-electron chi connectivity index (χ4n) is 2.73. The molecule has 1 heterocycles. The van der Waals surface area contributed by atoms with Crippen LogP contribution in [0, 0.1) is 6.92 Å². The average molecular weight is 383 g/mol. The van der Waals surface area contributed by atoms with E-state index >= 15 is 0 Å². The molecule has 9 heteroatoms. The summed E-state index contributed by atoms with van der Waals surface area (Å²) in [5.74, 6) is -0.0121. The molecule has 1 aliphatic rings. The van der Waals surface area contributed by atoms with Crippen LogP contribution in [0.4, 0.5) is 13.2 Å². The van der Waals surface area contributed by atoms with Gasteiger partial charge in [0.25, 0.3) is 5.91 Å². The van der Waals surface area contributed by atoms with E-state index in [9.17, 15) is 18.0 Å². The number of benzene rings is 1. The van der Waals surface area contributed by atoms with E-state index in [1.807, 2.05) is 6.92 Å². The van der Waals surface area contributed by atoms with Crippen LogP contribution >= 0.6 is 12.4 Å². The minimum absolute atomic E-state index is 0. The normalized spacial score (nSPS) is 20.6. The third kappa shape index (κ3) is 5.40. The summed E-state index contributed by atoms with van der Waals surface area (Å²) in [6.45, 7) is 1.23. The van der Waals surface area contributed by atoms with Crippen molar-refractivity contribution in [3.8, 4) is 11.5 Å². The maximum absolute atomic E-state index is 13.1. The van der Waals surface area contributed by atoms with Gasteiger partial charge in [0.05, 0.1) is 7.11 Å². The molecule has 0 saturated carbocycles. The molecule has 1 amide bonds. The van der Waals surface area contributed by atoms with E-state index in [2.05, 4.69) is 0 Å². The highest BCUT2D eigenvalue weighted by Gasteiger charge is 2.47. The number of halogens is 4. The Morgan fingerprint density at radius 1 is 1.32 bits per heavy atom. The molecule has 1 aromatic carbocycles. The molecule has 0 spiro atoms. The number of hydrogen-bond acceptors (Lipinski definition) is 4. The Hall–Kier alpha value is -1.67. The topological polar surface area (TPSA) is 64.8 Å². The first-order valence-electron chi connectivity index (χ1n) is 7.61. The second-order valence-electron chi connectivity index (χ2n) is 5.88. The number of hydrogen-bond donors (Lipinski definition) is 1. The van der Waals surface area contributed by atoms with Crippen LogP contribution < -0.4 is 15.2 Å². The summed E-state index contributed by atoms with van der Waals surface area (Å²) >= 11 is 0. The van der Waals surface area contributed by atoms with Gasteiger partial charge in [-0.2, -0.15) is 13.2 Å². The lowest BCUT2D eigenvalue weighted by molar-refractivity contribution is -0.197. The van der Waals surface area contributed by atoms with Crippen molar-refractivity contribution >= 4 is 18.3 Å². The molecule has 2 rings (SSSR count). The van der Waals surface area contributed by atoms with Crippen molar-refractivity contribution in [2.75, 3.05) is 20.3 Å². The van der Waals surface area contributed by atoms with E-state index < -0.39 is 30.8 Å². The maximum Gasteiger partial charge on any atom is 0.408 e. The molecule has 2 unspecified atom stereocenters. The predicted molar refractivity (Wildman–Crippen MR) is 89.2 cm³/mol. The van der Waals surface area contributed by atoms with Crippen molar-refractivity contribution in [1.82, 2.24) is 4.90 Å². The summed E-state index contributed by atoms with van der Waals surface area (Å²) in [5.41, 5.74) is 6.65. The van der Waals surface area contributed by atoms with Crippen molar-refractivity contribution in [3.63, 3.8) is 0 Å². The molecule has 25 heavy (non-hydrogen) atoms. The lowest BCUT2D eigenvalue weighted by Crippen LogP contribution is -2.57. The molecule has 2 atom stereocenters. The smallest absolute Gasteiger partial charge is 0.408 e. The van der Waals surface area contributed by atoms with Gasteiger partial charge in [0.2, 0.25) is 0 Å². The fourth-order valence-corrected chi connectivity index (χ4v) is 2.73. The zero-order chi connectivity index (χ0) is 17.9. The monoisotopic (exact) mass is 382 g/mol. The van der Waals surface area contributed by atoms with Gasteiger partial charge in [-0.15, -0.1) is 12.4 Å². The number of methoxy groups -OCH3 is 1. The second-order valence-corrected chi connectivity index (χ2v) is 5.88. The number of likely N-dealkylation sites (tertiary alicyclic amines) is 1. The number of nitrogens with zero attached hydrogens (tertiary/aromatic N) is 1. The Morgan fingerprint density at radius 2 is 2.00 bits per heavy atom. The minimum atomic E-state index is -4.47. The Balaban J connectivity index is 0.00000312. The number of aryl methyl sites for hydroxylation is 1. The van der Waals surface area contributed by atoms with Gasteiger partial charge < -0.3 is 20.1 Å². The Morgan fingerprint density at radius 3 is 2.60 bits per heavy atom. The number of rotatable bonds is 4. The first-order chi connectivity index (χ1) is 11.2. The predicted octanol–water partition coefficient (Wildman–Crippen LogP) is 2.68. The molecular formula is C16H22ClF3N2O3. The first-order valence-corrected chi connectivity index (χ1v) is 7.61. The number of ether oxygens (including phenoxy) is 2.